The Kier molecular flexibility index (Phi) is 3.07. The van der Waals surface area contributed by atoms with Crippen LogP contribution in [0.1, 0.15) is 42.1 Å². The molecule has 0 spiro atoms. The van der Waals surface area contributed by atoms with Gasteiger partial charge < -0.3 is 5.11 Å². The molecule has 1 rings (SSSR count). The monoisotopic (exact) mass is 178 g/mol. The maximum Gasteiger partial charge on any atom is 0.150 e. The summed E-state index contributed by atoms with van der Waals surface area (Å²) < 4.78 is 0. The molecule has 0 radical (unpaired) electrons. The Morgan fingerprint density at radius 1 is 1.54 bits per heavy atom. The first-order chi connectivity index (χ1) is 6.19. The minimum absolute atomic E-state index is 0.223. The molecule has 0 aliphatic rings. The lowest BCUT2D eigenvalue weighted by Gasteiger charge is -2.11. The fourth-order valence-electron chi connectivity index (χ4n) is 1.32. The Balaban J connectivity index is 3.15. The van der Waals surface area contributed by atoms with E-state index in [1.807, 2.05) is 6.92 Å². The van der Waals surface area contributed by atoms with Gasteiger partial charge in [0.2, 0.25) is 0 Å². The van der Waals surface area contributed by atoms with Crippen molar-refractivity contribution in [3.05, 3.63) is 29.3 Å². The van der Waals surface area contributed by atoms with Crippen LogP contribution in [0.5, 0.6) is 5.75 Å². The number of hydrogen-bond acceptors (Lipinski definition) is 2. The summed E-state index contributed by atoms with van der Waals surface area (Å²) >= 11 is 0. The zero-order chi connectivity index (χ0) is 9.84. The van der Waals surface area contributed by atoms with Crippen LogP contribution in [0.3, 0.4) is 0 Å². The van der Waals surface area contributed by atoms with Crippen molar-refractivity contribution in [2.24, 2.45) is 0 Å². The molecular weight excluding hydrogens is 164 g/mol. The van der Waals surface area contributed by atoms with Crippen LogP contribution in [0, 0.1) is 0 Å². The third kappa shape index (κ3) is 2.08. The van der Waals surface area contributed by atoms with Crippen LogP contribution < -0.4 is 0 Å². The maximum absolute atomic E-state index is 10.7. The van der Waals surface area contributed by atoms with Crippen LogP contribution in [0.4, 0.5) is 0 Å². The number of rotatable bonds is 3. The molecule has 0 aromatic heterocycles. The van der Waals surface area contributed by atoms with Crippen molar-refractivity contribution in [3.63, 3.8) is 0 Å². The second-order valence-corrected chi connectivity index (χ2v) is 3.24. The Bertz CT molecular complexity index is 305. The molecule has 0 aliphatic carbocycles. The molecule has 0 bridgehead atoms. The van der Waals surface area contributed by atoms with E-state index in [1.165, 1.54) is 6.07 Å². The van der Waals surface area contributed by atoms with E-state index in [4.69, 9.17) is 0 Å². The molecule has 0 heterocycles. The highest BCUT2D eigenvalue weighted by molar-refractivity contribution is 5.78. The van der Waals surface area contributed by atoms with E-state index in [0.717, 1.165) is 18.3 Å². The normalized spacial score (nSPS) is 12.5. The summed E-state index contributed by atoms with van der Waals surface area (Å²) in [5.41, 5.74) is 1.60. The van der Waals surface area contributed by atoms with Crippen molar-refractivity contribution >= 4 is 6.29 Å². The van der Waals surface area contributed by atoms with Crippen LogP contribution in [0.2, 0.25) is 0 Å². The highest BCUT2D eigenvalue weighted by Crippen LogP contribution is 2.25. The first-order valence-corrected chi connectivity index (χ1v) is 4.47. The van der Waals surface area contributed by atoms with E-state index in [0.29, 0.717) is 11.5 Å². The van der Waals surface area contributed by atoms with Crippen LogP contribution >= 0.6 is 0 Å². The maximum atomic E-state index is 10.7. The van der Waals surface area contributed by atoms with Crippen molar-refractivity contribution in [1.29, 1.82) is 0 Å². The standard InChI is InChI=1S/C11H14O2/c1-3-8(2)11-6-10(13)5-4-9(11)7-12/h4-8,13H,3H2,1-2H3. The van der Waals surface area contributed by atoms with Gasteiger partial charge in [0.15, 0.2) is 0 Å². The lowest BCUT2D eigenvalue weighted by molar-refractivity contribution is 0.112. The van der Waals surface area contributed by atoms with Crippen molar-refractivity contribution < 1.29 is 9.90 Å². The number of phenolic OH excluding ortho intramolecular Hbond substituents is 1. The SMILES string of the molecule is CCC(C)c1cc(O)ccc1C=O. The van der Waals surface area contributed by atoms with E-state index in [1.54, 1.807) is 12.1 Å². The Morgan fingerprint density at radius 3 is 2.77 bits per heavy atom. The zero-order valence-electron chi connectivity index (χ0n) is 7.95. The average Bonchev–Trinajstić information content (AvgIpc) is 2.16. The van der Waals surface area contributed by atoms with Gasteiger partial charge >= 0.3 is 0 Å². The van der Waals surface area contributed by atoms with Crippen molar-refractivity contribution in [2.75, 3.05) is 0 Å². The van der Waals surface area contributed by atoms with Gasteiger partial charge in [-0.25, -0.2) is 0 Å². The van der Waals surface area contributed by atoms with Crippen LogP contribution in [0.15, 0.2) is 18.2 Å². The summed E-state index contributed by atoms with van der Waals surface area (Å²) in [6.45, 7) is 4.10. The Hall–Kier alpha value is -1.31. The van der Waals surface area contributed by atoms with E-state index in [-0.39, 0.29) is 5.75 Å². The summed E-state index contributed by atoms with van der Waals surface area (Å²) in [6.07, 6.45) is 1.80. The smallest absolute Gasteiger partial charge is 0.150 e. The lowest BCUT2D eigenvalue weighted by atomic mass is 9.94. The summed E-state index contributed by atoms with van der Waals surface area (Å²) in [4.78, 5) is 10.7. The minimum atomic E-state index is 0.223. The molecule has 1 aromatic rings. The zero-order valence-corrected chi connectivity index (χ0v) is 7.95. The molecule has 13 heavy (non-hydrogen) atoms. The molecular formula is C11H14O2. The minimum Gasteiger partial charge on any atom is -0.508 e. The molecule has 0 aliphatic heterocycles. The van der Waals surface area contributed by atoms with Gasteiger partial charge in [-0.05, 0) is 36.1 Å². The molecule has 1 N–H and O–H groups in total. The number of benzene rings is 1. The molecule has 1 atom stereocenters. The highest BCUT2D eigenvalue weighted by atomic mass is 16.3. The predicted molar refractivity (Wildman–Crippen MR) is 52.2 cm³/mol. The molecule has 0 amide bonds. The van der Waals surface area contributed by atoms with E-state index in [2.05, 4.69) is 6.92 Å². The number of carbonyl (C=O) groups is 1. The number of aldehydes is 1. The molecule has 1 aromatic carbocycles. The quantitative estimate of drug-likeness (QED) is 0.722. The Morgan fingerprint density at radius 2 is 2.23 bits per heavy atom. The topological polar surface area (TPSA) is 37.3 Å². The number of aromatic hydroxyl groups is 1. The van der Waals surface area contributed by atoms with Crippen molar-refractivity contribution in [3.8, 4) is 5.75 Å². The van der Waals surface area contributed by atoms with Crippen LogP contribution in [-0.2, 0) is 0 Å². The third-order valence-electron chi connectivity index (χ3n) is 2.34. The summed E-state index contributed by atoms with van der Waals surface area (Å²) in [5, 5.41) is 9.26. The molecule has 2 heteroatoms. The number of hydrogen-bond donors (Lipinski definition) is 1. The van der Waals surface area contributed by atoms with Gasteiger partial charge in [-0.15, -0.1) is 0 Å². The fraction of sp³-hybridized carbons (Fsp3) is 0.364. The summed E-state index contributed by atoms with van der Waals surface area (Å²) in [7, 11) is 0. The predicted octanol–water partition coefficient (Wildman–Crippen LogP) is 2.72. The molecule has 0 saturated carbocycles. The van der Waals surface area contributed by atoms with Crippen molar-refractivity contribution in [2.45, 2.75) is 26.2 Å². The lowest BCUT2D eigenvalue weighted by Crippen LogP contribution is -1.96. The second kappa shape index (κ2) is 4.08. The van der Waals surface area contributed by atoms with Crippen LogP contribution in [0.25, 0.3) is 0 Å². The molecule has 0 fully saturated rings. The first kappa shape index (κ1) is 9.78. The first-order valence-electron chi connectivity index (χ1n) is 4.47. The van der Waals surface area contributed by atoms with E-state index >= 15 is 0 Å². The number of carbonyl (C=O) groups excluding carboxylic acids is 1. The average molecular weight is 178 g/mol. The van der Waals surface area contributed by atoms with Gasteiger partial charge in [-0.2, -0.15) is 0 Å². The van der Waals surface area contributed by atoms with Gasteiger partial charge in [-0.3, -0.25) is 4.79 Å². The number of phenols is 1. The highest BCUT2D eigenvalue weighted by Gasteiger charge is 2.08. The molecule has 0 saturated heterocycles. The third-order valence-corrected chi connectivity index (χ3v) is 2.34. The van der Waals surface area contributed by atoms with E-state index < -0.39 is 0 Å². The summed E-state index contributed by atoms with van der Waals surface area (Å²) in [5.74, 6) is 0.535. The van der Waals surface area contributed by atoms with Gasteiger partial charge in [-0.1, -0.05) is 13.8 Å². The van der Waals surface area contributed by atoms with Crippen LogP contribution in [-0.4, -0.2) is 11.4 Å². The Labute approximate surface area is 78.2 Å². The molecule has 1 unspecified atom stereocenters. The molecule has 2 nitrogen and oxygen atoms in total. The van der Waals surface area contributed by atoms with Gasteiger partial charge in [0, 0.05) is 5.56 Å². The second-order valence-electron chi connectivity index (χ2n) is 3.24. The van der Waals surface area contributed by atoms with Gasteiger partial charge in [0.25, 0.3) is 0 Å². The van der Waals surface area contributed by atoms with E-state index in [9.17, 15) is 9.90 Å². The fourth-order valence-corrected chi connectivity index (χ4v) is 1.32. The molecule has 70 valence electrons. The van der Waals surface area contributed by atoms with Crippen molar-refractivity contribution in [1.82, 2.24) is 0 Å². The largest absolute Gasteiger partial charge is 0.508 e. The van der Waals surface area contributed by atoms with Gasteiger partial charge in [0.1, 0.15) is 12.0 Å². The summed E-state index contributed by atoms with van der Waals surface area (Å²) in [6, 6.07) is 4.86. The van der Waals surface area contributed by atoms with Gasteiger partial charge in [0.05, 0.1) is 0 Å².